The van der Waals surface area contributed by atoms with Gasteiger partial charge in [-0.15, -0.1) is 0 Å². The summed E-state index contributed by atoms with van der Waals surface area (Å²) >= 11 is 3.42. The Morgan fingerprint density at radius 1 is 1.14 bits per heavy atom. The van der Waals surface area contributed by atoms with Gasteiger partial charge in [0.25, 0.3) is 0 Å². The maximum Gasteiger partial charge on any atom is 0.126 e. The lowest BCUT2D eigenvalue weighted by molar-refractivity contribution is 0.524. The highest BCUT2D eigenvalue weighted by Crippen LogP contribution is 2.27. The second kappa shape index (κ2) is 7.19. The minimum absolute atomic E-state index is 0.125. The van der Waals surface area contributed by atoms with Gasteiger partial charge in [-0.2, -0.15) is 0 Å². The van der Waals surface area contributed by atoms with Gasteiger partial charge in [0.1, 0.15) is 5.82 Å². The highest BCUT2D eigenvalue weighted by Gasteiger charge is 2.17. The predicted molar refractivity (Wildman–Crippen MR) is 90.1 cm³/mol. The van der Waals surface area contributed by atoms with E-state index in [1.54, 1.807) is 6.07 Å². The zero-order valence-corrected chi connectivity index (χ0v) is 14.3. The molecule has 2 aromatic rings. The molecule has 1 atom stereocenters. The van der Waals surface area contributed by atoms with Gasteiger partial charge < -0.3 is 5.32 Å². The molecule has 2 rings (SSSR count). The summed E-state index contributed by atoms with van der Waals surface area (Å²) < 4.78 is 15.0. The molecule has 0 saturated heterocycles. The van der Waals surface area contributed by atoms with Crippen molar-refractivity contribution in [3.8, 4) is 0 Å². The molecule has 1 N–H and O–H groups in total. The second-order valence-corrected chi connectivity index (χ2v) is 6.27. The van der Waals surface area contributed by atoms with Gasteiger partial charge in [-0.1, -0.05) is 41.1 Å². The number of benzene rings is 2. The van der Waals surface area contributed by atoms with Crippen molar-refractivity contribution in [1.29, 1.82) is 0 Å². The Morgan fingerprint density at radius 3 is 2.43 bits per heavy atom. The van der Waals surface area contributed by atoms with Crippen LogP contribution in [-0.2, 0) is 6.42 Å². The van der Waals surface area contributed by atoms with E-state index in [2.05, 4.69) is 60.2 Å². The van der Waals surface area contributed by atoms with Crippen molar-refractivity contribution in [3.63, 3.8) is 0 Å². The smallest absolute Gasteiger partial charge is 0.126 e. The molecule has 0 bridgehead atoms. The fraction of sp³-hybridized carbons (Fsp3) is 0.333. The van der Waals surface area contributed by atoms with E-state index < -0.39 is 0 Å². The first-order chi connectivity index (χ1) is 10.0. The number of rotatable bonds is 5. The Kier molecular flexibility index (Phi) is 5.54. The summed E-state index contributed by atoms with van der Waals surface area (Å²) in [5.74, 6) is -0.146. The van der Waals surface area contributed by atoms with E-state index in [0.717, 1.165) is 16.6 Å². The molecule has 2 aromatic carbocycles. The molecular formula is C18H21BrFN. The topological polar surface area (TPSA) is 12.0 Å². The van der Waals surface area contributed by atoms with Gasteiger partial charge in [0.2, 0.25) is 0 Å². The summed E-state index contributed by atoms with van der Waals surface area (Å²) in [7, 11) is 0. The third-order valence-electron chi connectivity index (χ3n) is 3.77. The van der Waals surface area contributed by atoms with Crippen LogP contribution in [0.1, 0.15) is 35.2 Å². The fourth-order valence-corrected chi connectivity index (χ4v) is 3.23. The standard InChI is InChI=1S/C18H21BrFN/c1-4-21-17(18-12(2)6-5-7-13(18)3)11-14-10-15(19)8-9-16(14)20/h5-10,17,21H,4,11H2,1-3H3. The monoisotopic (exact) mass is 349 g/mol. The normalized spacial score (nSPS) is 12.4. The van der Waals surface area contributed by atoms with E-state index in [9.17, 15) is 4.39 Å². The lowest BCUT2D eigenvalue weighted by Crippen LogP contribution is -2.25. The Morgan fingerprint density at radius 2 is 1.81 bits per heavy atom. The maximum absolute atomic E-state index is 14.0. The van der Waals surface area contributed by atoms with Gasteiger partial charge in [0.05, 0.1) is 0 Å². The molecule has 0 aliphatic heterocycles. The first-order valence-corrected chi connectivity index (χ1v) is 8.05. The van der Waals surface area contributed by atoms with Gasteiger partial charge in [-0.25, -0.2) is 4.39 Å². The fourth-order valence-electron chi connectivity index (χ4n) is 2.82. The van der Waals surface area contributed by atoms with Crippen LogP contribution in [0.5, 0.6) is 0 Å². The zero-order valence-electron chi connectivity index (χ0n) is 12.7. The van der Waals surface area contributed by atoms with Crippen LogP contribution in [0, 0.1) is 19.7 Å². The van der Waals surface area contributed by atoms with Gasteiger partial charge in [0, 0.05) is 10.5 Å². The maximum atomic E-state index is 14.0. The molecule has 0 aliphatic carbocycles. The molecule has 0 saturated carbocycles. The Balaban J connectivity index is 2.38. The Bertz CT molecular complexity index is 604. The number of halogens is 2. The molecule has 1 nitrogen and oxygen atoms in total. The lowest BCUT2D eigenvalue weighted by atomic mass is 9.91. The number of likely N-dealkylation sites (N-methyl/N-ethyl adjacent to an activating group) is 1. The predicted octanol–water partition coefficient (Wildman–Crippen LogP) is 5.10. The van der Waals surface area contributed by atoms with Crippen LogP contribution in [-0.4, -0.2) is 6.54 Å². The van der Waals surface area contributed by atoms with Gasteiger partial charge in [0.15, 0.2) is 0 Å². The molecule has 112 valence electrons. The van der Waals surface area contributed by atoms with Crippen LogP contribution in [0.4, 0.5) is 4.39 Å². The van der Waals surface area contributed by atoms with Crippen molar-refractivity contribution in [2.24, 2.45) is 0 Å². The van der Waals surface area contributed by atoms with Crippen molar-refractivity contribution in [2.75, 3.05) is 6.54 Å². The summed E-state index contributed by atoms with van der Waals surface area (Å²) in [4.78, 5) is 0. The zero-order chi connectivity index (χ0) is 15.4. The lowest BCUT2D eigenvalue weighted by Gasteiger charge is -2.23. The number of hydrogen-bond donors (Lipinski definition) is 1. The van der Waals surface area contributed by atoms with E-state index in [4.69, 9.17) is 0 Å². The molecule has 0 radical (unpaired) electrons. The van der Waals surface area contributed by atoms with Gasteiger partial charge >= 0.3 is 0 Å². The van der Waals surface area contributed by atoms with Crippen molar-refractivity contribution in [1.82, 2.24) is 5.32 Å². The van der Waals surface area contributed by atoms with Crippen LogP contribution in [0.3, 0.4) is 0 Å². The number of hydrogen-bond acceptors (Lipinski definition) is 1. The van der Waals surface area contributed by atoms with E-state index in [1.807, 2.05) is 6.07 Å². The van der Waals surface area contributed by atoms with Crippen molar-refractivity contribution >= 4 is 15.9 Å². The molecule has 0 amide bonds. The summed E-state index contributed by atoms with van der Waals surface area (Å²) in [6.45, 7) is 7.17. The highest BCUT2D eigenvalue weighted by molar-refractivity contribution is 9.10. The summed E-state index contributed by atoms with van der Waals surface area (Å²) in [6.07, 6.45) is 0.644. The van der Waals surface area contributed by atoms with Crippen molar-refractivity contribution in [3.05, 3.63) is 68.9 Å². The van der Waals surface area contributed by atoms with Crippen LogP contribution in [0.25, 0.3) is 0 Å². The molecule has 0 fully saturated rings. The van der Waals surface area contributed by atoms with E-state index in [1.165, 1.54) is 22.8 Å². The van der Waals surface area contributed by atoms with Crippen LogP contribution in [0.2, 0.25) is 0 Å². The second-order valence-electron chi connectivity index (χ2n) is 5.36. The molecule has 3 heteroatoms. The minimum Gasteiger partial charge on any atom is -0.310 e. The van der Waals surface area contributed by atoms with Gasteiger partial charge in [-0.3, -0.25) is 0 Å². The summed E-state index contributed by atoms with van der Waals surface area (Å²) in [5, 5.41) is 3.49. The average Bonchev–Trinajstić information content (AvgIpc) is 2.43. The molecule has 0 spiro atoms. The Labute approximate surface area is 134 Å². The van der Waals surface area contributed by atoms with Gasteiger partial charge in [-0.05, 0) is 67.3 Å². The third kappa shape index (κ3) is 3.92. The quantitative estimate of drug-likeness (QED) is 0.791. The Hall–Kier alpha value is -1.19. The minimum atomic E-state index is -0.146. The van der Waals surface area contributed by atoms with E-state index in [-0.39, 0.29) is 11.9 Å². The summed E-state index contributed by atoms with van der Waals surface area (Å²) in [6, 6.07) is 11.5. The SMILES string of the molecule is CCNC(Cc1cc(Br)ccc1F)c1c(C)cccc1C. The van der Waals surface area contributed by atoms with Crippen molar-refractivity contribution < 1.29 is 4.39 Å². The van der Waals surface area contributed by atoms with Crippen molar-refractivity contribution in [2.45, 2.75) is 33.2 Å². The molecule has 1 unspecified atom stereocenters. The number of nitrogens with one attached hydrogen (secondary N) is 1. The van der Waals surface area contributed by atoms with Crippen LogP contribution in [0.15, 0.2) is 40.9 Å². The first-order valence-electron chi connectivity index (χ1n) is 7.26. The summed E-state index contributed by atoms with van der Waals surface area (Å²) in [5.41, 5.74) is 4.50. The molecule has 0 heterocycles. The first kappa shape index (κ1) is 16.2. The van der Waals surface area contributed by atoms with E-state index in [0.29, 0.717) is 6.42 Å². The average molecular weight is 350 g/mol. The van der Waals surface area contributed by atoms with Crippen LogP contribution < -0.4 is 5.32 Å². The number of aryl methyl sites for hydroxylation is 2. The van der Waals surface area contributed by atoms with E-state index >= 15 is 0 Å². The largest absolute Gasteiger partial charge is 0.310 e. The molecule has 0 aliphatic rings. The highest BCUT2D eigenvalue weighted by atomic mass is 79.9. The third-order valence-corrected chi connectivity index (χ3v) is 4.27. The molecular weight excluding hydrogens is 329 g/mol. The molecule has 21 heavy (non-hydrogen) atoms. The van der Waals surface area contributed by atoms with Crippen LogP contribution >= 0.6 is 15.9 Å². The molecule has 0 aromatic heterocycles.